The van der Waals surface area contributed by atoms with Crippen LogP contribution in [0.25, 0.3) is 0 Å². The molecule has 5 nitrogen and oxygen atoms in total. The third kappa shape index (κ3) is 3.54. The van der Waals surface area contributed by atoms with Gasteiger partial charge in [-0.1, -0.05) is 0 Å². The highest BCUT2D eigenvalue weighted by Crippen LogP contribution is 2.21. The number of halogens is 2. The molecule has 7 heteroatoms. The maximum atomic E-state index is 13.7. The van der Waals surface area contributed by atoms with E-state index in [9.17, 15) is 19.3 Å². The molecule has 0 aromatic heterocycles. The molecular weight excluding hydrogens is 390 g/mol. The van der Waals surface area contributed by atoms with Gasteiger partial charge >= 0.3 is 0 Å². The molecule has 2 aromatic carbocycles. The quantitative estimate of drug-likeness (QED) is 0.483. The Bertz CT molecular complexity index is 734. The monoisotopic (exact) mass is 400 g/mol. The van der Waals surface area contributed by atoms with Crippen molar-refractivity contribution in [1.82, 2.24) is 0 Å². The predicted molar refractivity (Wildman–Crippen MR) is 84.9 cm³/mol. The first-order chi connectivity index (χ1) is 9.88. The van der Waals surface area contributed by atoms with Gasteiger partial charge < -0.3 is 5.32 Å². The molecule has 1 N–H and O–H groups in total. The summed E-state index contributed by atoms with van der Waals surface area (Å²) in [6.45, 7) is 1.81. The number of anilines is 1. The maximum absolute atomic E-state index is 13.7. The second-order valence-corrected chi connectivity index (χ2v) is 5.58. The number of rotatable bonds is 3. The van der Waals surface area contributed by atoms with Crippen LogP contribution in [0.15, 0.2) is 36.4 Å². The van der Waals surface area contributed by atoms with Gasteiger partial charge in [0.25, 0.3) is 11.6 Å². The summed E-state index contributed by atoms with van der Waals surface area (Å²) in [6, 6.07) is 8.21. The summed E-state index contributed by atoms with van der Waals surface area (Å²) >= 11 is 2.14. The molecule has 0 saturated carbocycles. The lowest BCUT2D eigenvalue weighted by Crippen LogP contribution is -2.15. The Kier molecular flexibility index (Phi) is 4.51. The summed E-state index contributed by atoms with van der Waals surface area (Å²) in [4.78, 5) is 22.1. The van der Waals surface area contributed by atoms with Crippen LogP contribution in [0.4, 0.5) is 15.8 Å². The van der Waals surface area contributed by atoms with Gasteiger partial charge in [-0.2, -0.15) is 0 Å². The van der Waals surface area contributed by atoms with Crippen molar-refractivity contribution in [3.63, 3.8) is 0 Å². The van der Waals surface area contributed by atoms with Crippen molar-refractivity contribution in [3.05, 3.63) is 67.0 Å². The second kappa shape index (κ2) is 6.17. The van der Waals surface area contributed by atoms with E-state index in [-0.39, 0.29) is 11.3 Å². The summed E-state index contributed by atoms with van der Waals surface area (Å²) in [5.74, 6) is -1.53. The van der Waals surface area contributed by atoms with Crippen molar-refractivity contribution < 1.29 is 14.1 Å². The molecule has 0 atom stereocenters. The molecule has 0 spiro atoms. The Morgan fingerprint density at radius 2 is 2.00 bits per heavy atom. The fourth-order valence-electron chi connectivity index (χ4n) is 1.76. The van der Waals surface area contributed by atoms with Gasteiger partial charge in [-0.25, -0.2) is 4.39 Å². The number of amides is 1. The minimum absolute atomic E-state index is 0.333. The highest BCUT2D eigenvalue weighted by atomic mass is 127. The number of hydrogen-bond acceptors (Lipinski definition) is 3. The number of nitro benzene ring substituents is 1. The lowest BCUT2D eigenvalue weighted by Gasteiger charge is -2.09. The van der Waals surface area contributed by atoms with Gasteiger partial charge in [0.1, 0.15) is 5.82 Å². The van der Waals surface area contributed by atoms with Crippen LogP contribution in [0.1, 0.15) is 15.9 Å². The molecule has 0 aliphatic heterocycles. The topological polar surface area (TPSA) is 72.2 Å². The molecule has 21 heavy (non-hydrogen) atoms. The van der Waals surface area contributed by atoms with Crippen LogP contribution in [-0.2, 0) is 0 Å². The fraction of sp³-hybridized carbons (Fsp3) is 0.0714. The van der Waals surface area contributed by atoms with E-state index in [1.54, 1.807) is 12.1 Å². The van der Waals surface area contributed by atoms with Crippen molar-refractivity contribution in [2.24, 2.45) is 0 Å². The normalized spacial score (nSPS) is 10.2. The first kappa shape index (κ1) is 15.4. The molecule has 0 aliphatic carbocycles. The van der Waals surface area contributed by atoms with E-state index in [1.807, 2.05) is 13.0 Å². The number of non-ortho nitro benzene ring substituents is 1. The predicted octanol–water partition coefficient (Wildman–Crippen LogP) is 3.90. The van der Waals surface area contributed by atoms with E-state index in [1.165, 1.54) is 0 Å². The molecule has 0 saturated heterocycles. The number of benzene rings is 2. The van der Waals surface area contributed by atoms with Gasteiger partial charge in [-0.05, 0) is 59.3 Å². The van der Waals surface area contributed by atoms with Gasteiger partial charge in [0.2, 0.25) is 0 Å². The van der Waals surface area contributed by atoms with E-state index in [0.29, 0.717) is 5.69 Å². The van der Waals surface area contributed by atoms with Crippen LogP contribution in [0, 0.1) is 26.4 Å². The third-order valence-electron chi connectivity index (χ3n) is 2.84. The Morgan fingerprint density at radius 1 is 1.29 bits per heavy atom. The SMILES string of the molecule is Cc1cc(I)ccc1NC(=O)c1cc([N+](=O)[O-])ccc1F. The number of carbonyl (C=O) groups is 1. The number of hydrogen-bond donors (Lipinski definition) is 1. The molecule has 0 heterocycles. The molecule has 0 unspecified atom stereocenters. The van der Waals surface area contributed by atoms with Crippen LogP contribution in [0.5, 0.6) is 0 Å². The molecule has 0 fully saturated rings. The van der Waals surface area contributed by atoms with Gasteiger partial charge in [0.05, 0.1) is 10.5 Å². The maximum Gasteiger partial charge on any atom is 0.270 e. The minimum atomic E-state index is -0.804. The number of nitro groups is 1. The summed E-state index contributed by atoms with van der Waals surface area (Å²) in [7, 11) is 0. The number of nitrogens with zero attached hydrogens (tertiary/aromatic N) is 1. The smallest absolute Gasteiger partial charge is 0.270 e. The standard InChI is InChI=1S/C14H10FIN2O3/c1-8-6-9(16)2-5-13(8)17-14(19)11-7-10(18(20)21)3-4-12(11)15/h2-7H,1H3,(H,17,19). The van der Waals surface area contributed by atoms with E-state index < -0.39 is 16.6 Å². The lowest BCUT2D eigenvalue weighted by molar-refractivity contribution is -0.384. The fourth-order valence-corrected chi connectivity index (χ4v) is 2.40. The largest absolute Gasteiger partial charge is 0.322 e. The molecule has 108 valence electrons. The van der Waals surface area contributed by atoms with Crippen molar-refractivity contribution in [3.8, 4) is 0 Å². The third-order valence-corrected chi connectivity index (χ3v) is 3.51. The van der Waals surface area contributed by atoms with E-state index in [4.69, 9.17) is 0 Å². The number of nitrogens with one attached hydrogen (secondary N) is 1. The summed E-state index contributed by atoms with van der Waals surface area (Å²) in [5.41, 5.74) is 0.662. The Morgan fingerprint density at radius 3 is 2.62 bits per heavy atom. The van der Waals surface area contributed by atoms with Crippen molar-refractivity contribution >= 4 is 39.9 Å². The Balaban J connectivity index is 2.32. The van der Waals surface area contributed by atoms with Gasteiger partial charge in [0, 0.05) is 21.4 Å². The zero-order valence-corrected chi connectivity index (χ0v) is 13.0. The van der Waals surface area contributed by atoms with E-state index >= 15 is 0 Å². The van der Waals surface area contributed by atoms with E-state index in [2.05, 4.69) is 27.9 Å². The minimum Gasteiger partial charge on any atom is -0.322 e. The van der Waals surface area contributed by atoms with Crippen LogP contribution in [0.2, 0.25) is 0 Å². The average molecular weight is 400 g/mol. The van der Waals surface area contributed by atoms with Crippen LogP contribution >= 0.6 is 22.6 Å². The molecule has 0 radical (unpaired) electrons. The molecule has 0 bridgehead atoms. The molecule has 1 amide bonds. The summed E-state index contributed by atoms with van der Waals surface area (Å²) in [5, 5.41) is 13.2. The van der Waals surface area contributed by atoms with Crippen LogP contribution in [-0.4, -0.2) is 10.8 Å². The van der Waals surface area contributed by atoms with Crippen molar-refractivity contribution in [2.45, 2.75) is 6.92 Å². The molecule has 2 rings (SSSR count). The Labute approximate surface area is 133 Å². The van der Waals surface area contributed by atoms with Gasteiger partial charge in [-0.15, -0.1) is 0 Å². The highest BCUT2D eigenvalue weighted by molar-refractivity contribution is 14.1. The zero-order chi connectivity index (χ0) is 15.6. The summed E-state index contributed by atoms with van der Waals surface area (Å²) < 4.78 is 14.7. The van der Waals surface area contributed by atoms with Crippen LogP contribution in [0.3, 0.4) is 0 Å². The Hall–Kier alpha value is -2.03. The van der Waals surface area contributed by atoms with Crippen molar-refractivity contribution in [1.29, 1.82) is 0 Å². The number of carbonyl (C=O) groups excluding carboxylic acids is 1. The molecule has 2 aromatic rings. The van der Waals surface area contributed by atoms with Gasteiger partial charge in [-0.3, -0.25) is 14.9 Å². The lowest BCUT2D eigenvalue weighted by atomic mass is 10.1. The average Bonchev–Trinajstić information content (AvgIpc) is 2.42. The van der Waals surface area contributed by atoms with Gasteiger partial charge in [0.15, 0.2) is 0 Å². The highest BCUT2D eigenvalue weighted by Gasteiger charge is 2.17. The van der Waals surface area contributed by atoms with Crippen molar-refractivity contribution in [2.75, 3.05) is 5.32 Å². The first-order valence-corrected chi connectivity index (χ1v) is 6.98. The van der Waals surface area contributed by atoms with Crippen LogP contribution < -0.4 is 5.32 Å². The molecule has 0 aliphatic rings. The zero-order valence-electron chi connectivity index (χ0n) is 10.9. The summed E-state index contributed by atoms with van der Waals surface area (Å²) in [6.07, 6.45) is 0. The second-order valence-electron chi connectivity index (χ2n) is 4.33. The first-order valence-electron chi connectivity index (χ1n) is 5.90. The van der Waals surface area contributed by atoms with E-state index in [0.717, 1.165) is 27.3 Å². The number of aryl methyl sites for hydroxylation is 1. The molecular formula is C14H10FIN2O3.